The summed E-state index contributed by atoms with van der Waals surface area (Å²) in [4.78, 5) is 0. The molecule has 1 saturated carbocycles. The molecule has 2 heterocycles. The van der Waals surface area contributed by atoms with Crippen LogP contribution in [0, 0.1) is 5.92 Å². The smallest absolute Gasteiger partial charge is 0.248 e. The van der Waals surface area contributed by atoms with Gasteiger partial charge >= 0.3 is 0 Å². The zero-order chi connectivity index (χ0) is 23.8. The van der Waals surface area contributed by atoms with E-state index in [0.29, 0.717) is 19.3 Å². The number of unbranched alkanes of at least 4 members (excludes halogenated alkanes) is 1. The number of aliphatic hydroxyl groups excluding tert-OH is 2. The first kappa shape index (κ1) is 25.0. The number of aliphatic hydroxyl groups is 4. The summed E-state index contributed by atoms with van der Waals surface area (Å²) in [6.07, 6.45) is -1.63. The quantitative estimate of drug-likeness (QED) is 0.380. The van der Waals surface area contributed by atoms with Crippen molar-refractivity contribution in [3.8, 4) is 0 Å². The van der Waals surface area contributed by atoms with Crippen LogP contribution in [0.3, 0.4) is 0 Å². The van der Waals surface area contributed by atoms with Crippen molar-refractivity contribution >= 4 is 0 Å². The summed E-state index contributed by atoms with van der Waals surface area (Å²) in [5.74, 6) is -2.52. The van der Waals surface area contributed by atoms with Crippen molar-refractivity contribution in [2.75, 3.05) is 7.05 Å². The Morgan fingerprint density at radius 1 is 1.03 bits per heavy atom. The maximum Gasteiger partial charge on any atom is 0.248 e. The Morgan fingerprint density at radius 3 is 2.42 bits per heavy atom. The second-order valence-electron chi connectivity index (χ2n) is 9.95. The van der Waals surface area contributed by atoms with Crippen LogP contribution in [0.25, 0.3) is 0 Å². The van der Waals surface area contributed by atoms with Gasteiger partial charge in [-0.25, -0.2) is 0 Å². The molecule has 3 aliphatic rings. The minimum atomic E-state index is -2.11. The number of aryl methyl sites for hydroxylation is 1. The summed E-state index contributed by atoms with van der Waals surface area (Å²) in [7, 11) is 1.70. The average molecular weight is 466 g/mol. The molecule has 8 nitrogen and oxygen atoms in total. The molecule has 2 aliphatic heterocycles. The molecule has 1 aromatic carbocycles. The molecule has 3 fully saturated rings. The van der Waals surface area contributed by atoms with Crippen molar-refractivity contribution in [2.24, 2.45) is 5.92 Å². The summed E-state index contributed by atoms with van der Waals surface area (Å²) in [5, 5.41) is 48.2. The molecule has 10 atom stereocenters. The third kappa shape index (κ3) is 4.48. The van der Waals surface area contributed by atoms with Gasteiger partial charge in [0.2, 0.25) is 12.1 Å². The monoisotopic (exact) mass is 465 g/mol. The number of hydrogen-bond acceptors (Lipinski definition) is 8. The fourth-order valence-electron chi connectivity index (χ4n) is 5.93. The summed E-state index contributed by atoms with van der Waals surface area (Å²) in [5.41, 5.74) is -0.360. The summed E-state index contributed by atoms with van der Waals surface area (Å²) >= 11 is 0. The second-order valence-corrected chi connectivity index (χ2v) is 9.95. The Hall–Kier alpha value is -1.10. The van der Waals surface area contributed by atoms with Crippen LogP contribution < -0.4 is 5.32 Å². The normalized spacial score (nSPS) is 45.3. The molecule has 4 rings (SSSR count). The highest BCUT2D eigenvalue weighted by molar-refractivity contribution is 5.15. The van der Waals surface area contributed by atoms with E-state index in [4.69, 9.17) is 14.2 Å². The second kappa shape index (κ2) is 9.87. The first-order chi connectivity index (χ1) is 15.7. The van der Waals surface area contributed by atoms with Gasteiger partial charge in [-0.05, 0) is 45.2 Å². The minimum Gasteiger partial charge on any atom is -0.391 e. The van der Waals surface area contributed by atoms with E-state index in [-0.39, 0.29) is 12.5 Å². The van der Waals surface area contributed by atoms with Crippen molar-refractivity contribution in [3.05, 3.63) is 35.9 Å². The average Bonchev–Trinajstić information content (AvgIpc) is 2.78. The van der Waals surface area contributed by atoms with Crippen LogP contribution in [0.4, 0.5) is 0 Å². The van der Waals surface area contributed by atoms with Gasteiger partial charge in [0, 0.05) is 12.3 Å². The third-order valence-electron chi connectivity index (χ3n) is 7.78. The molecular weight excluding hydrogens is 426 g/mol. The first-order valence-electron chi connectivity index (χ1n) is 12.2. The molecule has 33 heavy (non-hydrogen) atoms. The van der Waals surface area contributed by atoms with Gasteiger partial charge in [-0.1, -0.05) is 43.7 Å². The predicted molar refractivity (Wildman–Crippen MR) is 121 cm³/mol. The van der Waals surface area contributed by atoms with Crippen LogP contribution in [-0.4, -0.2) is 81.7 Å². The minimum absolute atomic E-state index is 0.193. The molecule has 1 aliphatic carbocycles. The highest BCUT2D eigenvalue weighted by Gasteiger charge is 2.68. The zero-order valence-corrected chi connectivity index (χ0v) is 19.8. The van der Waals surface area contributed by atoms with Gasteiger partial charge in [0.15, 0.2) is 0 Å². The van der Waals surface area contributed by atoms with E-state index >= 15 is 0 Å². The predicted octanol–water partition coefficient (Wildman–Crippen LogP) is 1.09. The lowest BCUT2D eigenvalue weighted by Gasteiger charge is -2.60. The number of hydrogen-bond donors (Lipinski definition) is 5. The van der Waals surface area contributed by atoms with E-state index in [0.717, 1.165) is 12.8 Å². The lowest BCUT2D eigenvalue weighted by Crippen LogP contribution is -2.78. The molecule has 0 aromatic heterocycles. The third-order valence-corrected chi connectivity index (χ3v) is 7.78. The fraction of sp³-hybridized carbons (Fsp3) is 0.760. The van der Waals surface area contributed by atoms with E-state index in [2.05, 4.69) is 17.4 Å². The maximum atomic E-state index is 11.7. The Balaban J connectivity index is 1.52. The first-order valence-corrected chi connectivity index (χ1v) is 12.2. The van der Waals surface area contributed by atoms with Crippen molar-refractivity contribution < 1.29 is 34.6 Å². The van der Waals surface area contributed by atoms with Crippen molar-refractivity contribution in [1.82, 2.24) is 5.32 Å². The number of likely N-dealkylation sites (N-methyl/N-ethyl adjacent to an activating group) is 1. The van der Waals surface area contributed by atoms with E-state index in [1.807, 2.05) is 32.0 Å². The van der Waals surface area contributed by atoms with Crippen LogP contribution in [0.1, 0.15) is 51.5 Å². The number of nitrogens with one attached hydrogen (secondary N) is 1. The summed E-state index contributed by atoms with van der Waals surface area (Å²) in [6, 6.07) is 9.58. The molecule has 8 heteroatoms. The van der Waals surface area contributed by atoms with E-state index < -0.39 is 54.1 Å². The molecule has 0 radical (unpaired) electrons. The van der Waals surface area contributed by atoms with Crippen LogP contribution in [0.2, 0.25) is 0 Å². The van der Waals surface area contributed by atoms with Gasteiger partial charge in [-0.15, -0.1) is 0 Å². The van der Waals surface area contributed by atoms with Crippen LogP contribution in [0.5, 0.6) is 0 Å². The molecule has 0 amide bonds. The lowest BCUT2D eigenvalue weighted by molar-refractivity contribution is -0.485. The molecule has 186 valence electrons. The van der Waals surface area contributed by atoms with Gasteiger partial charge in [0.05, 0.1) is 24.4 Å². The summed E-state index contributed by atoms with van der Waals surface area (Å²) < 4.78 is 18.2. The number of fused-ring (bicyclic) bond motifs is 2. The van der Waals surface area contributed by atoms with Crippen LogP contribution >= 0.6 is 0 Å². The highest BCUT2D eigenvalue weighted by Crippen LogP contribution is 2.49. The van der Waals surface area contributed by atoms with Crippen molar-refractivity contribution in [3.63, 3.8) is 0 Å². The Bertz CT molecular complexity index is 781. The van der Waals surface area contributed by atoms with Gasteiger partial charge < -0.3 is 40.0 Å². The summed E-state index contributed by atoms with van der Waals surface area (Å²) in [6.45, 7) is 3.73. The van der Waals surface area contributed by atoms with E-state index in [1.54, 1.807) is 7.05 Å². The Labute approximate surface area is 195 Å². The van der Waals surface area contributed by atoms with Crippen LogP contribution in [0.15, 0.2) is 30.3 Å². The molecular formula is C25H39NO7. The molecule has 0 unspecified atom stereocenters. The van der Waals surface area contributed by atoms with Crippen molar-refractivity contribution in [1.29, 1.82) is 0 Å². The van der Waals surface area contributed by atoms with Gasteiger partial charge in [0.1, 0.15) is 17.8 Å². The lowest BCUT2D eigenvalue weighted by atomic mass is 9.73. The highest BCUT2D eigenvalue weighted by atomic mass is 16.8. The zero-order valence-electron chi connectivity index (χ0n) is 19.8. The number of rotatable bonds is 7. The molecule has 1 aromatic rings. The molecule has 0 bridgehead atoms. The Morgan fingerprint density at radius 2 is 1.76 bits per heavy atom. The van der Waals surface area contributed by atoms with Gasteiger partial charge in [-0.3, -0.25) is 0 Å². The molecule has 0 spiro atoms. The molecule has 5 N–H and O–H groups in total. The van der Waals surface area contributed by atoms with E-state index in [1.165, 1.54) is 5.56 Å². The fourth-order valence-corrected chi connectivity index (χ4v) is 5.93. The van der Waals surface area contributed by atoms with Crippen LogP contribution in [-0.2, 0) is 20.6 Å². The number of benzene rings is 1. The SMILES string of the molecule is CC[C@@H]1[C@H](O)[C@H](NC)[C@H]2O[C@]3(O)[C@H](O[C@@H]2[C@H]1O)O[C@H](C)C[C@]3(O)CCCCc1ccccc1. The maximum absolute atomic E-state index is 11.7. The standard InChI is InChI=1S/C25H39NO7/c1-4-17-19(27)18(26-3)21-22(20(17)28)32-23-25(30,33-21)24(29,14-15(2)31-23)13-9-8-12-16-10-6-5-7-11-16/h5-7,10-11,15,17-23,26-30H,4,8-9,12-14H2,1-3H3/t15-,17-,18+,19+,20+,21-,22-,23+,24-,25-/m1/s1. The molecule has 2 saturated heterocycles. The Kier molecular flexibility index (Phi) is 7.48. The van der Waals surface area contributed by atoms with Gasteiger partial charge in [0.25, 0.3) is 0 Å². The van der Waals surface area contributed by atoms with Crippen molar-refractivity contribution in [2.45, 2.75) is 107 Å². The number of ether oxygens (including phenoxy) is 3. The largest absolute Gasteiger partial charge is 0.391 e. The van der Waals surface area contributed by atoms with Gasteiger partial charge in [-0.2, -0.15) is 0 Å². The topological polar surface area (TPSA) is 121 Å². The van der Waals surface area contributed by atoms with E-state index in [9.17, 15) is 20.4 Å².